The van der Waals surface area contributed by atoms with Crippen molar-refractivity contribution in [3.05, 3.63) is 68.8 Å². The molecule has 0 fully saturated rings. The van der Waals surface area contributed by atoms with E-state index in [0.717, 1.165) is 26.8 Å². The van der Waals surface area contributed by atoms with Crippen LogP contribution in [0.4, 0.5) is 0 Å². The topological polar surface area (TPSA) is 66.2 Å². The van der Waals surface area contributed by atoms with Gasteiger partial charge in [-0.3, -0.25) is 4.79 Å². The molecule has 0 aliphatic heterocycles. The van der Waals surface area contributed by atoms with Gasteiger partial charge in [0.1, 0.15) is 10.7 Å². The largest absolute Gasteiger partial charge is 0.493 e. The van der Waals surface area contributed by atoms with Crippen LogP contribution in [0.3, 0.4) is 0 Å². The molecule has 0 unspecified atom stereocenters. The van der Waals surface area contributed by atoms with Gasteiger partial charge in [-0.25, -0.2) is 9.67 Å². The highest BCUT2D eigenvalue weighted by Gasteiger charge is 2.15. The summed E-state index contributed by atoms with van der Waals surface area (Å²) in [5, 5.41) is 7.26. The van der Waals surface area contributed by atoms with E-state index in [1.54, 1.807) is 37.7 Å². The number of hydrogen-bond acceptors (Lipinski definition) is 7. The Bertz CT molecular complexity index is 1210. The molecular formula is C21H19N3O3S2. The molecule has 0 aliphatic carbocycles. The first-order chi connectivity index (χ1) is 14.1. The number of thiazole rings is 1. The standard InChI is InChI=1S/C21H19N3O3S2/c1-13-7-9-18(29-13)16-8-10-19(25)24(23-16)11-14-12-28-21(22-14)15-5-4-6-17(26-2)20(15)27-3/h4-10,12H,11H2,1-3H3. The quantitative estimate of drug-likeness (QED) is 0.456. The van der Waals surface area contributed by atoms with Crippen molar-refractivity contribution in [2.75, 3.05) is 14.2 Å². The zero-order chi connectivity index (χ0) is 20.4. The second-order valence-corrected chi connectivity index (χ2v) is 8.46. The molecule has 6 nitrogen and oxygen atoms in total. The SMILES string of the molecule is COc1cccc(-c2nc(Cn3nc(-c4ccc(C)s4)ccc3=O)cs2)c1OC. The number of rotatable bonds is 6. The van der Waals surface area contributed by atoms with E-state index in [-0.39, 0.29) is 5.56 Å². The van der Waals surface area contributed by atoms with Crippen molar-refractivity contribution in [3.63, 3.8) is 0 Å². The highest BCUT2D eigenvalue weighted by molar-refractivity contribution is 7.15. The maximum absolute atomic E-state index is 12.3. The second-order valence-electron chi connectivity index (χ2n) is 6.31. The first kappa shape index (κ1) is 19.4. The molecule has 3 aromatic heterocycles. The molecule has 4 aromatic rings. The summed E-state index contributed by atoms with van der Waals surface area (Å²) >= 11 is 3.15. The molecule has 29 heavy (non-hydrogen) atoms. The molecule has 0 radical (unpaired) electrons. The molecule has 0 bridgehead atoms. The van der Waals surface area contributed by atoms with Gasteiger partial charge in [-0.2, -0.15) is 5.10 Å². The fraction of sp³-hybridized carbons (Fsp3) is 0.190. The predicted octanol–water partition coefficient (Wildman–Crippen LogP) is 4.47. The molecule has 0 aliphatic rings. The Hall–Kier alpha value is -2.97. The maximum Gasteiger partial charge on any atom is 0.267 e. The summed E-state index contributed by atoms with van der Waals surface area (Å²) in [6, 6.07) is 13.1. The summed E-state index contributed by atoms with van der Waals surface area (Å²) in [6.45, 7) is 2.35. The fourth-order valence-electron chi connectivity index (χ4n) is 2.98. The molecule has 4 rings (SSSR count). The Balaban J connectivity index is 1.65. The lowest BCUT2D eigenvalue weighted by molar-refractivity contribution is 0.356. The summed E-state index contributed by atoms with van der Waals surface area (Å²) < 4.78 is 12.3. The number of nitrogens with zero attached hydrogens (tertiary/aromatic N) is 3. The van der Waals surface area contributed by atoms with Gasteiger partial charge in [0.15, 0.2) is 11.5 Å². The van der Waals surface area contributed by atoms with E-state index in [0.29, 0.717) is 18.0 Å². The molecule has 0 spiro atoms. The van der Waals surface area contributed by atoms with E-state index in [9.17, 15) is 4.79 Å². The summed E-state index contributed by atoms with van der Waals surface area (Å²) in [5.74, 6) is 1.29. The Morgan fingerprint density at radius 1 is 1.07 bits per heavy atom. The van der Waals surface area contributed by atoms with Crippen molar-refractivity contribution in [2.24, 2.45) is 0 Å². The molecule has 0 saturated heterocycles. The number of benzene rings is 1. The van der Waals surface area contributed by atoms with Crippen LogP contribution in [-0.2, 0) is 6.54 Å². The molecule has 3 heterocycles. The first-order valence-electron chi connectivity index (χ1n) is 8.90. The van der Waals surface area contributed by atoms with Gasteiger partial charge >= 0.3 is 0 Å². The third-order valence-electron chi connectivity index (χ3n) is 4.36. The second kappa shape index (κ2) is 8.18. The third kappa shape index (κ3) is 3.94. The van der Waals surface area contributed by atoms with E-state index in [1.165, 1.54) is 20.9 Å². The van der Waals surface area contributed by atoms with Gasteiger partial charge < -0.3 is 9.47 Å². The zero-order valence-electron chi connectivity index (χ0n) is 16.2. The molecule has 0 N–H and O–H groups in total. The van der Waals surface area contributed by atoms with Gasteiger partial charge in [0, 0.05) is 16.3 Å². The number of aryl methyl sites for hydroxylation is 1. The van der Waals surface area contributed by atoms with Crippen LogP contribution >= 0.6 is 22.7 Å². The molecule has 8 heteroatoms. The minimum Gasteiger partial charge on any atom is -0.493 e. The summed E-state index contributed by atoms with van der Waals surface area (Å²) in [7, 11) is 3.21. The Labute approximate surface area is 176 Å². The Kier molecular flexibility index (Phi) is 5.46. The smallest absolute Gasteiger partial charge is 0.267 e. The molecule has 0 saturated carbocycles. The van der Waals surface area contributed by atoms with Crippen LogP contribution in [0.5, 0.6) is 11.5 Å². The van der Waals surface area contributed by atoms with Crippen molar-refractivity contribution in [3.8, 4) is 32.6 Å². The Morgan fingerprint density at radius 3 is 2.66 bits per heavy atom. The number of aromatic nitrogens is 3. The van der Waals surface area contributed by atoms with Crippen LogP contribution in [0.25, 0.3) is 21.1 Å². The van der Waals surface area contributed by atoms with Gasteiger partial charge in [-0.1, -0.05) is 6.07 Å². The van der Waals surface area contributed by atoms with E-state index >= 15 is 0 Å². The van der Waals surface area contributed by atoms with Crippen LogP contribution in [0.15, 0.2) is 52.6 Å². The normalized spacial score (nSPS) is 10.9. The van der Waals surface area contributed by atoms with E-state index in [2.05, 4.69) is 5.10 Å². The van der Waals surface area contributed by atoms with Crippen LogP contribution in [0, 0.1) is 6.92 Å². The lowest BCUT2D eigenvalue weighted by Gasteiger charge is -2.10. The van der Waals surface area contributed by atoms with Gasteiger partial charge in [0.2, 0.25) is 0 Å². The molecule has 0 atom stereocenters. The minimum atomic E-state index is -0.157. The monoisotopic (exact) mass is 425 g/mol. The van der Waals surface area contributed by atoms with Crippen molar-refractivity contribution in [1.29, 1.82) is 0 Å². The number of thiophene rings is 1. The number of para-hydroxylation sites is 1. The van der Waals surface area contributed by atoms with Gasteiger partial charge in [0.25, 0.3) is 5.56 Å². The summed E-state index contributed by atoms with van der Waals surface area (Å²) in [6.07, 6.45) is 0. The lowest BCUT2D eigenvalue weighted by Crippen LogP contribution is -2.22. The third-order valence-corrected chi connectivity index (χ3v) is 6.30. The number of methoxy groups -OCH3 is 2. The highest BCUT2D eigenvalue weighted by Crippen LogP contribution is 2.39. The van der Waals surface area contributed by atoms with E-state index in [4.69, 9.17) is 14.5 Å². The summed E-state index contributed by atoms with van der Waals surface area (Å²) in [5.41, 5.74) is 2.25. The van der Waals surface area contributed by atoms with Crippen LogP contribution < -0.4 is 15.0 Å². The van der Waals surface area contributed by atoms with Crippen molar-refractivity contribution < 1.29 is 9.47 Å². The maximum atomic E-state index is 12.3. The Morgan fingerprint density at radius 2 is 1.93 bits per heavy atom. The average molecular weight is 426 g/mol. The van der Waals surface area contributed by atoms with Gasteiger partial charge in [-0.15, -0.1) is 22.7 Å². The van der Waals surface area contributed by atoms with Crippen LogP contribution in [-0.4, -0.2) is 29.0 Å². The van der Waals surface area contributed by atoms with E-state index < -0.39 is 0 Å². The lowest BCUT2D eigenvalue weighted by atomic mass is 10.2. The van der Waals surface area contributed by atoms with Crippen LogP contribution in [0.1, 0.15) is 10.6 Å². The molecular weight excluding hydrogens is 406 g/mol. The number of hydrogen-bond donors (Lipinski definition) is 0. The average Bonchev–Trinajstić information content (AvgIpc) is 3.38. The molecule has 0 amide bonds. The zero-order valence-corrected chi connectivity index (χ0v) is 17.8. The minimum absolute atomic E-state index is 0.157. The van der Waals surface area contributed by atoms with Gasteiger partial charge in [-0.05, 0) is 37.3 Å². The van der Waals surface area contributed by atoms with E-state index in [1.807, 2.05) is 42.6 Å². The van der Waals surface area contributed by atoms with Crippen molar-refractivity contribution in [2.45, 2.75) is 13.5 Å². The predicted molar refractivity (Wildman–Crippen MR) is 116 cm³/mol. The summed E-state index contributed by atoms with van der Waals surface area (Å²) in [4.78, 5) is 19.3. The van der Waals surface area contributed by atoms with Gasteiger partial charge in [0.05, 0.1) is 36.9 Å². The van der Waals surface area contributed by atoms with Crippen molar-refractivity contribution >= 4 is 22.7 Å². The number of ether oxygens (including phenoxy) is 2. The molecule has 148 valence electrons. The fourth-order valence-corrected chi connectivity index (χ4v) is 4.64. The first-order valence-corrected chi connectivity index (χ1v) is 10.6. The molecule has 1 aromatic carbocycles. The van der Waals surface area contributed by atoms with Crippen molar-refractivity contribution in [1.82, 2.24) is 14.8 Å². The highest BCUT2D eigenvalue weighted by atomic mass is 32.1. The van der Waals surface area contributed by atoms with Crippen LogP contribution in [0.2, 0.25) is 0 Å².